The van der Waals surface area contributed by atoms with Crippen molar-refractivity contribution in [2.24, 2.45) is 11.3 Å². The molecule has 2 N–H and O–H groups in total. The van der Waals surface area contributed by atoms with E-state index in [-0.39, 0.29) is 29.1 Å². The highest BCUT2D eigenvalue weighted by Gasteiger charge is 2.53. The third-order valence-electron chi connectivity index (χ3n) is 6.45. The summed E-state index contributed by atoms with van der Waals surface area (Å²) in [6, 6.07) is 5.87. The third kappa shape index (κ3) is 2.45. The van der Waals surface area contributed by atoms with Crippen LogP contribution in [0.25, 0.3) is 0 Å². The van der Waals surface area contributed by atoms with Crippen molar-refractivity contribution < 1.29 is 15.0 Å². The van der Waals surface area contributed by atoms with Gasteiger partial charge in [-0.1, -0.05) is 32.4 Å². The van der Waals surface area contributed by atoms with Crippen LogP contribution in [0.3, 0.4) is 0 Å². The Balaban J connectivity index is 2.14. The summed E-state index contributed by atoms with van der Waals surface area (Å²) in [5.41, 5.74) is 1.45. The maximum atomic E-state index is 12.8. The van der Waals surface area contributed by atoms with Gasteiger partial charge in [0.25, 0.3) is 0 Å². The minimum Gasteiger partial charge on any atom is -0.396 e. The number of aliphatic hydroxyl groups is 2. The van der Waals surface area contributed by atoms with Gasteiger partial charge in [-0.3, -0.25) is 4.79 Å². The Hall–Kier alpha value is -1.19. The van der Waals surface area contributed by atoms with E-state index in [0.717, 1.165) is 36.0 Å². The Morgan fingerprint density at radius 3 is 2.57 bits per heavy atom. The highest BCUT2D eigenvalue weighted by molar-refractivity contribution is 5.99. The number of carbonyl (C=O) groups excluding carboxylic acids is 1. The quantitative estimate of drug-likeness (QED) is 0.877. The molecule has 0 amide bonds. The fourth-order valence-corrected chi connectivity index (χ4v) is 4.91. The van der Waals surface area contributed by atoms with Crippen molar-refractivity contribution in [2.45, 2.75) is 64.4 Å². The van der Waals surface area contributed by atoms with Crippen LogP contribution in [0, 0.1) is 11.3 Å². The number of rotatable bonds is 2. The van der Waals surface area contributed by atoms with Gasteiger partial charge in [-0.2, -0.15) is 0 Å². The van der Waals surface area contributed by atoms with E-state index < -0.39 is 5.60 Å². The first-order valence-corrected chi connectivity index (χ1v) is 8.63. The lowest BCUT2D eigenvalue weighted by atomic mass is 9.50. The first-order chi connectivity index (χ1) is 10.6. The molecule has 2 aliphatic rings. The zero-order chi connectivity index (χ0) is 17.0. The topological polar surface area (TPSA) is 57.5 Å². The molecular weight excluding hydrogens is 288 g/mol. The van der Waals surface area contributed by atoms with Crippen molar-refractivity contribution in [3.8, 4) is 0 Å². The monoisotopic (exact) mass is 316 g/mol. The molecule has 0 saturated heterocycles. The number of hydrogen-bond donors (Lipinski definition) is 2. The number of aliphatic hydroxyl groups excluding tert-OH is 1. The van der Waals surface area contributed by atoms with Crippen molar-refractivity contribution >= 4 is 5.78 Å². The van der Waals surface area contributed by atoms with Crippen molar-refractivity contribution in [3.63, 3.8) is 0 Å². The van der Waals surface area contributed by atoms with Crippen LogP contribution >= 0.6 is 0 Å². The Kier molecular flexibility index (Phi) is 3.73. The Bertz CT molecular complexity index is 643. The molecule has 3 atom stereocenters. The zero-order valence-electron chi connectivity index (χ0n) is 14.6. The van der Waals surface area contributed by atoms with Crippen LogP contribution in [0.5, 0.6) is 0 Å². The summed E-state index contributed by atoms with van der Waals surface area (Å²) in [5, 5.41) is 20.2. The lowest BCUT2D eigenvalue weighted by Gasteiger charge is -2.54. The summed E-state index contributed by atoms with van der Waals surface area (Å²) in [6.07, 6.45) is 3.60. The molecule has 3 nitrogen and oxygen atoms in total. The van der Waals surface area contributed by atoms with E-state index in [1.165, 1.54) is 0 Å². The summed E-state index contributed by atoms with van der Waals surface area (Å²) in [7, 11) is 0. The molecule has 0 spiro atoms. The van der Waals surface area contributed by atoms with E-state index in [2.05, 4.69) is 13.8 Å². The first kappa shape index (κ1) is 16.7. The number of benzene rings is 1. The highest BCUT2D eigenvalue weighted by Crippen LogP contribution is 2.57. The van der Waals surface area contributed by atoms with Gasteiger partial charge in [0.1, 0.15) is 0 Å². The Morgan fingerprint density at radius 2 is 1.96 bits per heavy atom. The van der Waals surface area contributed by atoms with Gasteiger partial charge in [-0.05, 0) is 60.6 Å². The van der Waals surface area contributed by atoms with Crippen molar-refractivity contribution in [1.82, 2.24) is 0 Å². The standard InChI is InChI=1S/C20H28O3/c1-18(2,23)13-6-7-15-14(10-13)16(22)11-17-19(3,12-21)8-5-9-20(15,17)4/h6-7,10,17,21,23H,5,8-9,11-12H2,1-4H3/t17-,19+,20-/m1/s1. The van der Waals surface area contributed by atoms with Gasteiger partial charge in [0.15, 0.2) is 5.78 Å². The van der Waals surface area contributed by atoms with Crippen molar-refractivity contribution in [1.29, 1.82) is 0 Å². The fourth-order valence-electron chi connectivity index (χ4n) is 4.91. The molecule has 0 heterocycles. The van der Waals surface area contributed by atoms with E-state index >= 15 is 0 Å². The first-order valence-electron chi connectivity index (χ1n) is 8.63. The smallest absolute Gasteiger partial charge is 0.163 e. The van der Waals surface area contributed by atoms with Crippen LogP contribution < -0.4 is 0 Å². The van der Waals surface area contributed by atoms with Gasteiger partial charge in [-0.15, -0.1) is 0 Å². The predicted molar refractivity (Wildman–Crippen MR) is 90.5 cm³/mol. The number of Topliss-reactive ketones (excluding diaryl/α,β-unsaturated/α-hetero) is 1. The Labute approximate surface area is 138 Å². The summed E-state index contributed by atoms with van der Waals surface area (Å²) in [5.74, 6) is 0.330. The molecule has 2 aliphatic carbocycles. The lowest BCUT2D eigenvalue weighted by molar-refractivity contribution is -0.0142. The van der Waals surface area contributed by atoms with Crippen molar-refractivity contribution in [2.75, 3.05) is 6.61 Å². The molecular formula is C20H28O3. The molecule has 0 radical (unpaired) electrons. The zero-order valence-corrected chi connectivity index (χ0v) is 14.6. The normalized spacial score (nSPS) is 34.0. The van der Waals surface area contributed by atoms with Gasteiger partial charge in [0.05, 0.1) is 5.60 Å². The van der Waals surface area contributed by atoms with E-state index in [1.807, 2.05) is 18.2 Å². The van der Waals surface area contributed by atoms with Crippen molar-refractivity contribution in [3.05, 3.63) is 34.9 Å². The van der Waals surface area contributed by atoms with E-state index in [0.29, 0.717) is 6.42 Å². The Morgan fingerprint density at radius 1 is 1.26 bits per heavy atom. The average Bonchev–Trinajstić information content (AvgIpc) is 2.49. The molecule has 0 bridgehead atoms. The minimum absolute atomic E-state index is 0.0723. The van der Waals surface area contributed by atoms with Crippen LogP contribution in [-0.2, 0) is 11.0 Å². The molecule has 0 aromatic heterocycles. The van der Waals surface area contributed by atoms with Crippen LogP contribution in [0.1, 0.15) is 74.9 Å². The second kappa shape index (κ2) is 5.15. The molecule has 1 aromatic carbocycles. The van der Waals surface area contributed by atoms with Gasteiger partial charge in [0, 0.05) is 18.6 Å². The lowest BCUT2D eigenvalue weighted by Crippen LogP contribution is -2.51. The number of hydrogen-bond acceptors (Lipinski definition) is 3. The SMILES string of the molecule is CC(C)(O)c1ccc2c(c1)C(=O)C[C@@H]1[C@](C)(CO)CCC[C@]21C. The highest BCUT2D eigenvalue weighted by atomic mass is 16.3. The number of ketones is 1. The summed E-state index contributed by atoms with van der Waals surface area (Å²) in [6.45, 7) is 8.00. The average molecular weight is 316 g/mol. The molecule has 23 heavy (non-hydrogen) atoms. The minimum atomic E-state index is -0.945. The maximum absolute atomic E-state index is 12.8. The molecule has 0 aliphatic heterocycles. The molecule has 0 unspecified atom stereocenters. The second-order valence-electron chi connectivity index (χ2n) is 8.58. The van der Waals surface area contributed by atoms with Crippen LogP contribution in [0.4, 0.5) is 0 Å². The predicted octanol–water partition coefficient (Wildman–Crippen LogP) is 3.56. The van der Waals surface area contributed by atoms with E-state index in [1.54, 1.807) is 13.8 Å². The molecule has 3 heteroatoms. The van der Waals surface area contributed by atoms with Gasteiger partial charge < -0.3 is 10.2 Å². The van der Waals surface area contributed by atoms with Crippen LogP contribution in [0.2, 0.25) is 0 Å². The fraction of sp³-hybridized carbons (Fsp3) is 0.650. The van der Waals surface area contributed by atoms with Gasteiger partial charge in [-0.25, -0.2) is 0 Å². The molecule has 1 aromatic rings. The molecule has 1 fully saturated rings. The van der Waals surface area contributed by atoms with Gasteiger partial charge >= 0.3 is 0 Å². The van der Waals surface area contributed by atoms with Crippen LogP contribution in [0.15, 0.2) is 18.2 Å². The second-order valence-corrected chi connectivity index (χ2v) is 8.58. The number of carbonyl (C=O) groups is 1. The number of fused-ring (bicyclic) bond motifs is 3. The van der Waals surface area contributed by atoms with Crippen LogP contribution in [-0.4, -0.2) is 22.6 Å². The summed E-state index contributed by atoms with van der Waals surface area (Å²) >= 11 is 0. The molecule has 1 saturated carbocycles. The maximum Gasteiger partial charge on any atom is 0.163 e. The van der Waals surface area contributed by atoms with E-state index in [4.69, 9.17) is 0 Å². The largest absolute Gasteiger partial charge is 0.396 e. The summed E-state index contributed by atoms with van der Waals surface area (Å²) in [4.78, 5) is 12.8. The van der Waals surface area contributed by atoms with Gasteiger partial charge in [0.2, 0.25) is 0 Å². The summed E-state index contributed by atoms with van der Waals surface area (Å²) < 4.78 is 0. The molecule has 3 rings (SSSR count). The molecule has 126 valence electrons. The van der Waals surface area contributed by atoms with E-state index in [9.17, 15) is 15.0 Å². The third-order valence-corrected chi connectivity index (χ3v) is 6.45.